The maximum absolute atomic E-state index is 14.1. The molecule has 0 aliphatic heterocycles. The number of hydrogen-bond acceptors (Lipinski definition) is 5. The van der Waals surface area contributed by atoms with E-state index < -0.39 is 35.1 Å². The van der Waals surface area contributed by atoms with Crippen molar-refractivity contribution in [1.29, 1.82) is 0 Å². The number of nitrogens with zero attached hydrogens (tertiary/aromatic N) is 3. The van der Waals surface area contributed by atoms with Crippen LogP contribution in [0.25, 0.3) is 11.1 Å². The summed E-state index contributed by atoms with van der Waals surface area (Å²) < 4.78 is 49.1. The second-order valence-electron chi connectivity index (χ2n) is 9.64. The van der Waals surface area contributed by atoms with Gasteiger partial charge in [0.15, 0.2) is 0 Å². The third kappa shape index (κ3) is 6.20. The quantitative estimate of drug-likeness (QED) is 0.255. The Morgan fingerprint density at radius 1 is 1.03 bits per heavy atom. The van der Waals surface area contributed by atoms with Crippen LogP contribution >= 0.6 is 0 Å². The van der Waals surface area contributed by atoms with Crippen LogP contribution in [0.15, 0.2) is 59.5 Å². The van der Waals surface area contributed by atoms with E-state index in [0.29, 0.717) is 23.1 Å². The highest BCUT2D eigenvalue weighted by Gasteiger charge is 2.24. The summed E-state index contributed by atoms with van der Waals surface area (Å²) in [6.07, 6.45) is 1.61. The van der Waals surface area contributed by atoms with E-state index in [0.717, 1.165) is 11.6 Å². The van der Waals surface area contributed by atoms with Gasteiger partial charge < -0.3 is 9.84 Å². The molecule has 2 heterocycles. The molecule has 0 bridgehead atoms. The number of pyridine rings is 1. The van der Waals surface area contributed by atoms with Gasteiger partial charge in [-0.05, 0) is 67.6 Å². The molecule has 0 saturated carbocycles. The van der Waals surface area contributed by atoms with Gasteiger partial charge in [-0.2, -0.15) is 9.37 Å². The van der Waals surface area contributed by atoms with Gasteiger partial charge in [-0.3, -0.25) is 9.36 Å². The molecule has 0 aliphatic rings. The molecule has 1 N–H and O–H groups in total. The lowest BCUT2D eigenvalue weighted by molar-refractivity contribution is 0.0575. The summed E-state index contributed by atoms with van der Waals surface area (Å²) in [5.74, 6) is -2.34. The van der Waals surface area contributed by atoms with E-state index in [1.165, 1.54) is 22.9 Å². The molecule has 6 nitrogen and oxygen atoms in total. The Labute approximate surface area is 224 Å². The van der Waals surface area contributed by atoms with E-state index >= 15 is 0 Å². The summed E-state index contributed by atoms with van der Waals surface area (Å²) in [5, 5.41) is 10.8. The summed E-state index contributed by atoms with van der Waals surface area (Å²) in [5.41, 5.74) is 2.39. The Hall–Kier alpha value is -3.98. The summed E-state index contributed by atoms with van der Waals surface area (Å²) >= 11 is 0. The molecule has 204 valence electrons. The molecule has 4 aromatic rings. The van der Waals surface area contributed by atoms with Gasteiger partial charge in [-0.15, -0.1) is 0 Å². The monoisotopic (exact) mass is 537 g/mol. The maximum Gasteiger partial charge on any atom is 0.261 e. The number of ether oxygens (including phenoxy) is 1. The van der Waals surface area contributed by atoms with Crippen LogP contribution in [0.1, 0.15) is 61.3 Å². The third-order valence-corrected chi connectivity index (χ3v) is 6.56. The summed E-state index contributed by atoms with van der Waals surface area (Å²) in [7, 11) is 0. The van der Waals surface area contributed by atoms with Crippen molar-refractivity contribution in [3.05, 3.63) is 111 Å². The summed E-state index contributed by atoms with van der Waals surface area (Å²) in [6, 6.07) is 11.3. The second-order valence-corrected chi connectivity index (χ2v) is 9.64. The van der Waals surface area contributed by atoms with E-state index in [-0.39, 0.29) is 36.1 Å². The van der Waals surface area contributed by atoms with Crippen LogP contribution in [0.4, 0.5) is 13.2 Å². The standard InChI is InChI=1S/C30H30F3N3O3/c1-5-26(21-13-22(31)15-23(32)14-21)36-27(16-39-17(2)3)35-29(37)25(30(36)38)12-19-6-8-20(9-7-19)24-10-11-34-28(33)18(24)4/h6-11,13-15,17,26,37H,5,12,16H2,1-4H3. The van der Waals surface area contributed by atoms with Gasteiger partial charge in [-0.1, -0.05) is 31.2 Å². The topological polar surface area (TPSA) is 77.2 Å². The molecule has 4 rings (SSSR count). The number of aromatic nitrogens is 3. The molecule has 39 heavy (non-hydrogen) atoms. The van der Waals surface area contributed by atoms with Crippen molar-refractivity contribution in [3.63, 3.8) is 0 Å². The molecule has 0 spiro atoms. The van der Waals surface area contributed by atoms with Crippen LogP contribution in [-0.4, -0.2) is 25.7 Å². The average Bonchev–Trinajstić information content (AvgIpc) is 2.88. The van der Waals surface area contributed by atoms with E-state index in [2.05, 4.69) is 9.97 Å². The minimum Gasteiger partial charge on any atom is -0.493 e. The molecule has 9 heteroatoms. The molecule has 0 aliphatic carbocycles. The van der Waals surface area contributed by atoms with Gasteiger partial charge in [0.25, 0.3) is 5.56 Å². The fourth-order valence-electron chi connectivity index (χ4n) is 4.59. The van der Waals surface area contributed by atoms with Gasteiger partial charge in [0.2, 0.25) is 11.8 Å². The normalized spacial score (nSPS) is 12.2. The van der Waals surface area contributed by atoms with Crippen molar-refractivity contribution in [3.8, 4) is 17.0 Å². The molecule has 0 radical (unpaired) electrons. The first-order chi connectivity index (χ1) is 18.6. The van der Waals surface area contributed by atoms with E-state index in [4.69, 9.17) is 4.74 Å². The van der Waals surface area contributed by atoms with Crippen LogP contribution in [-0.2, 0) is 17.8 Å². The lowest BCUT2D eigenvalue weighted by Gasteiger charge is -2.24. The zero-order valence-electron chi connectivity index (χ0n) is 22.2. The first-order valence-electron chi connectivity index (χ1n) is 12.7. The average molecular weight is 538 g/mol. The number of aromatic hydroxyl groups is 1. The van der Waals surface area contributed by atoms with Crippen LogP contribution in [0, 0.1) is 24.5 Å². The molecule has 0 fully saturated rings. The minimum absolute atomic E-state index is 0.0394. The molecule has 0 saturated heterocycles. The molecule has 2 aromatic carbocycles. The Bertz CT molecular complexity index is 1520. The van der Waals surface area contributed by atoms with Crippen molar-refractivity contribution < 1.29 is 23.0 Å². The zero-order valence-corrected chi connectivity index (χ0v) is 22.2. The van der Waals surface area contributed by atoms with E-state index in [1.54, 1.807) is 44.2 Å². The largest absolute Gasteiger partial charge is 0.493 e. The lowest BCUT2D eigenvalue weighted by atomic mass is 9.99. The van der Waals surface area contributed by atoms with Gasteiger partial charge in [0.1, 0.15) is 24.1 Å². The number of halogens is 3. The zero-order chi connectivity index (χ0) is 28.3. The number of hydrogen-bond donors (Lipinski definition) is 1. The Balaban J connectivity index is 1.77. The van der Waals surface area contributed by atoms with Crippen LogP contribution in [0.2, 0.25) is 0 Å². The van der Waals surface area contributed by atoms with Crippen molar-refractivity contribution in [2.24, 2.45) is 0 Å². The molecule has 1 atom stereocenters. The van der Waals surface area contributed by atoms with Gasteiger partial charge in [-0.25, -0.2) is 13.8 Å². The molecule has 2 aromatic heterocycles. The maximum atomic E-state index is 14.1. The minimum atomic E-state index is -0.757. The van der Waals surface area contributed by atoms with Gasteiger partial charge >= 0.3 is 0 Å². The fourth-order valence-corrected chi connectivity index (χ4v) is 4.59. The van der Waals surface area contributed by atoms with E-state index in [9.17, 15) is 23.1 Å². The highest BCUT2D eigenvalue weighted by atomic mass is 19.1. The fraction of sp³-hybridized carbons (Fsp3) is 0.300. The van der Waals surface area contributed by atoms with Crippen molar-refractivity contribution in [2.45, 2.75) is 59.3 Å². The van der Waals surface area contributed by atoms with Gasteiger partial charge in [0, 0.05) is 24.2 Å². The lowest BCUT2D eigenvalue weighted by Crippen LogP contribution is -2.33. The molecular weight excluding hydrogens is 507 g/mol. The Morgan fingerprint density at radius 2 is 1.69 bits per heavy atom. The first kappa shape index (κ1) is 28.0. The second kappa shape index (κ2) is 11.8. The van der Waals surface area contributed by atoms with Crippen molar-refractivity contribution in [2.75, 3.05) is 0 Å². The molecular formula is C30H30F3N3O3. The molecule has 1 unspecified atom stereocenters. The summed E-state index contributed by atoms with van der Waals surface area (Å²) in [6.45, 7) is 7.01. The summed E-state index contributed by atoms with van der Waals surface area (Å²) in [4.78, 5) is 21.8. The predicted molar refractivity (Wildman–Crippen MR) is 142 cm³/mol. The molecule has 0 amide bonds. The van der Waals surface area contributed by atoms with Crippen molar-refractivity contribution in [1.82, 2.24) is 14.5 Å². The SMILES string of the molecule is CCC(c1cc(F)cc(F)c1)n1c(COC(C)C)nc(O)c(Cc2ccc(-c3ccnc(F)c3C)cc2)c1=O. The third-order valence-electron chi connectivity index (χ3n) is 6.56. The highest BCUT2D eigenvalue weighted by Crippen LogP contribution is 2.28. The smallest absolute Gasteiger partial charge is 0.261 e. The predicted octanol–water partition coefficient (Wildman–Crippen LogP) is 6.25. The number of rotatable bonds is 9. The number of benzene rings is 2. The van der Waals surface area contributed by atoms with Crippen molar-refractivity contribution >= 4 is 0 Å². The van der Waals surface area contributed by atoms with Crippen LogP contribution < -0.4 is 5.56 Å². The highest BCUT2D eigenvalue weighted by molar-refractivity contribution is 5.66. The first-order valence-corrected chi connectivity index (χ1v) is 12.7. The Morgan fingerprint density at radius 3 is 2.31 bits per heavy atom. The van der Waals surface area contributed by atoms with Gasteiger partial charge in [0.05, 0.1) is 17.7 Å². The van der Waals surface area contributed by atoms with Crippen LogP contribution in [0.5, 0.6) is 5.88 Å². The van der Waals surface area contributed by atoms with Crippen LogP contribution in [0.3, 0.4) is 0 Å². The van der Waals surface area contributed by atoms with E-state index in [1.807, 2.05) is 13.8 Å². The Kier molecular flexibility index (Phi) is 8.50.